The Morgan fingerprint density at radius 3 is 2.50 bits per heavy atom. The van der Waals surface area contributed by atoms with E-state index in [0.717, 1.165) is 12.8 Å². The summed E-state index contributed by atoms with van der Waals surface area (Å²) in [5.74, 6) is 0.619. The van der Waals surface area contributed by atoms with E-state index in [2.05, 4.69) is 22.9 Å². The van der Waals surface area contributed by atoms with E-state index in [0.29, 0.717) is 41.5 Å². The summed E-state index contributed by atoms with van der Waals surface area (Å²) in [7, 11) is 0. The molecule has 0 radical (unpaired) electrons. The molecule has 2 amide bonds. The van der Waals surface area contributed by atoms with E-state index in [1.54, 1.807) is 60.9 Å². The minimum atomic E-state index is -0.358. The lowest BCUT2D eigenvalue weighted by molar-refractivity contribution is 0.0945. The molecule has 3 N–H and O–H groups in total. The zero-order valence-corrected chi connectivity index (χ0v) is 18.5. The first-order valence-corrected chi connectivity index (χ1v) is 10.7. The van der Waals surface area contributed by atoms with Gasteiger partial charge in [0.25, 0.3) is 11.8 Å². The van der Waals surface area contributed by atoms with Gasteiger partial charge in [-0.05, 0) is 67.2 Å². The van der Waals surface area contributed by atoms with Crippen molar-refractivity contribution >= 4 is 34.8 Å². The van der Waals surface area contributed by atoms with Crippen molar-refractivity contribution in [3.8, 4) is 5.75 Å². The van der Waals surface area contributed by atoms with Gasteiger partial charge < -0.3 is 19.8 Å². The number of carbonyl (C=O) groups excluding carboxylic acids is 2. The van der Waals surface area contributed by atoms with Crippen molar-refractivity contribution in [1.29, 1.82) is 0 Å². The molecule has 0 aliphatic carbocycles. The maximum Gasteiger partial charge on any atom is 0.261 e. The van der Waals surface area contributed by atoms with E-state index < -0.39 is 0 Å². The molecule has 3 aromatic rings. The molecule has 1 aromatic heterocycles. The second-order valence-electron chi connectivity index (χ2n) is 6.95. The number of para-hydroxylation sites is 1. The molecule has 0 bridgehead atoms. The molecule has 0 atom stereocenters. The van der Waals surface area contributed by atoms with E-state index in [1.165, 1.54) is 0 Å². The fraction of sp³-hybridized carbons (Fsp3) is 0.208. The predicted octanol–water partition coefficient (Wildman–Crippen LogP) is 4.52. The number of benzene rings is 2. The maximum absolute atomic E-state index is 12.6. The van der Waals surface area contributed by atoms with E-state index in [4.69, 9.17) is 21.4 Å². The van der Waals surface area contributed by atoms with Crippen molar-refractivity contribution in [1.82, 2.24) is 10.6 Å². The van der Waals surface area contributed by atoms with Crippen LogP contribution in [0.5, 0.6) is 5.75 Å². The first kappa shape index (κ1) is 23.0. The Balaban J connectivity index is 1.52. The highest BCUT2D eigenvalue weighted by Gasteiger charge is 2.14. The van der Waals surface area contributed by atoms with Crippen molar-refractivity contribution in [2.24, 2.45) is 0 Å². The van der Waals surface area contributed by atoms with Gasteiger partial charge in [0.1, 0.15) is 11.5 Å². The number of hydrogen-bond donors (Lipinski definition) is 3. The van der Waals surface area contributed by atoms with Gasteiger partial charge in [0.2, 0.25) is 0 Å². The van der Waals surface area contributed by atoms with Crippen LogP contribution in [0.4, 0.5) is 5.69 Å². The van der Waals surface area contributed by atoms with Gasteiger partial charge in [0.15, 0.2) is 5.11 Å². The zero-order chi connectivity index (χ0) is 22.8. The Labute approximate surface area is 192 Å². The quantitative estimate of drug-likeness (QED) is 0.327. The molecule has 7 nitrogen and oxygen atoms in total. The molecule has 0 spiro atoms. The van der Waals surface area contributed by atoms with Gasteiger partial charge >= 0.3 is 0 Å². The molecule has 166 valence electrons. The third-order valence-corrected chi connectivity index (χ3v) is 4.73. The second kappa shape index (κ2) is 11.7. The Hall–Kier alpha value is -3.65. The van der Waals surface area contributed by atoms with Gasteiger partial charge in [-0.1, -0.05) is 25.5 Å². The van der Waals surface area contributed by atoms with Crippen LogP contribution in [0.3, 0.4) is 0 Å². The monoisotopic (exact) mass is 451 g/mol. The minimum Gasteiger partial charge on any atom is -0.493 e. The third-order valence-electron chi connectivity index (χ3n) is 4.52. The van der Waals surface area contributed by atoms with E-state index in [1.807, 2.05) is 6.07 Å². The smallest absolute Gasteiger partial charge is 0.261 e. The van der Waals surface area contributed by atoms with Crippen LogP contribution in [-0.2, 0) is 6.54 Å². The number of unbranched alkanes of at least 4 members (excludes halogenated alkanes) is 1. The van der Waals surface area contributed by atoms with Gasteiger partial charge in [0, 0.05) is 11.3 Å². The van der Waals surface area contributed by atoms with Crippen LogP contribution in [-0.4, -0.2) is 23.5 Å². The number of rotatable bonds is 9. The number of ether oxygens (including phenoxy) is 1. The number of carbonyl (C=O) groups is 2. The summed E-state index contributed by atoms with van der Waals surface area (Å²) in [4.78, 5) is 24.9. The number of anilines is 1. The molecule has 0 fully saturated rings. The Kier molecular flexibility index (Phi) is 8.39. The summed E-state index contributed by atoms with van der Waals surface area (Å²) in [6.07, 6.45) is 3.47. The van der Waals surface area contributed by atoms with Crippen LogP contribution in [0.25, 0.3) is 0 Å². The average Bonchev–Trinajstić information content (AvgIpc) is 3.32. The number of furan rings is 1. The van der Waals surface area contributed by atoms with Crippen molar-refractivity contribution < 1.29 is 18.7 Å². The lowest BCUT2D eigenvalue weighted by Gasteiger charge is -2.13. The largest absolute Gasteiger partial charge is 0.493 e. The van der Waals surface area contributed by atoms with E-state index >= 15 is 0 Å². The molecule has 0 saturated carbocycles. The molecular weight excluding hydrogens is 426 g/mol. The molecule has 0 aliphatic rings. The summed E-state index contributed by atoms with van der Waals surface area (Å²) in [6, 6.07) is 17.4. The van der Waals surface area contributed by atoms with Gasteiger partial charge in [-0.3, -0.25) is 14.9 Å². The van der Waals surface area contributed by atoms with Gasteiger partial charge in [-0.2, -0.15) is 0 Å². The van der Waals surface area contributed by atoms with Crippen LogP contribution >= 0.6 is 12.2 Å². The molecule has 1 heterocycles. The summed E-state index contributed by atoms with van der Waals surface area (Å²) < 4.78 is 10.9. The summed E-state index contributed by atoms with van der Waals surface area (Å²) in [5, 5.41) is 8.54. The molecule has 0 saturated heterocycles. The van der Waals surface area contributed by atoms with Crippen LogP contribution in [0.15, 0.2) is 71.3 Å². The maximum atomic E-state index is 12.6. The standard InChI is InChI=1S/C24H25N3O4S/c1-2-3-14-31-21-9-5-4-8-20(21)23(29)27-24(32)26-18-12-10-17(11-13-18)22(28)25-16-19-7-6-15-30-19/h4-13,15H,2-3,14,16H2,1H3,(H,25,28)(H2,26,27,29,32). The highest BCUT2D eigenvalue weighted by atomic mass is 32.1. The summed E-state index contributed by atoms with van der Waals surface area (Å²) in [6.45, 7) is 2.93. The average molecular weight is 452 g/mol. The second-order valence-corrected chi connectivity index (χ2v) is 7.35. The lowest BCUT2D eigenvalue weighted by Crippen LogP contribution is -2.34. The Morgan fingerprint density at radius 1 is 1.00 bits per heavy atom. The Bertz CT molecular complexity index is 1050. The van der Waals surface area contributed by atoms with Crippen molar-refractivity contribution in [3.05, 3.63) is 83.8 Å². The normalized spacial score (nSPS) is 10.3. The van der Waals surface area contributed by atoms with Gasteiger partial charge in [0.05, 0.1) is 25.0 Å². The first-order valence-electron chi connectivity index (χ1n) is 10.3. The molecule has 0 unspecified atom stereocenters. The number of hydrogen-bond acceptors (Lipinski definition) is 5. The SMILES string of the molecule is CCCCOc1ccccc1C(=O)NC(=S)Nc1ccc(C(=O)NCc2ccco2)cc1. The molecule has 2 aromatic carbocycles. The van der Waals surface area contributed by atoms with Crippen LogP contribution < -0.4 is 20.7 Å². The van der Waals surface area contributed by atoms with E-state index in [9.17, 15) is 9.59 Å². The molecule has 8 heteroatoms. The van der Waals surface area contributed by atoms with Gasteiger partial charge in [-0.15, -0.1) is 0 Å². The van der Waals surface area contributed by atoms with Crippen molar-refractivity contribution in [2.75, 3.05) is 11.9 Å². The molecule has 0 aliphatic heterocycles. The number of thiocarbonyl (C=S) groups is 1. The Morgan fingerprint density at radius 2 is 1.78 bits per heavy atom. The van der Waals surface area contributed by atoms with Crippen LogP contribution in [0.1, 0.15) is 46.2 Å². The summed E-state index contributed by atoms with van der Waals surface area (Å²) >= 11 is 5.26. The topological polar surface area (TPSA) is 92.6 Å². The fourth-order valence-electron chi connectivity index (χ4n) is 2.83. The molecule has 3 rings (SSSR count). The third kappa shape index (κ3) is 6.68. The van der Waals surface area contributed by atoms with Crippen LogP contribution in [0, 0.1) is 0 Å². The molecule has 32 heavy (non-hydrogen) atoms. The summed E-state index contributed by atoms with van der Waals surface area (Å²) in [5.41, 5.74) is 1.55. The predicted molar refractivity (Wildman–Crippen MR) is 127 cm³/mol. The van der Waals surface area contributed by atoms with E-state index in [-0.39, 0.29) is 16.9 Å². The number of amides is 2. The highest BCUT2D eigenvalue weighted by Crippen LogP contribution is 2.18. The van der Waals surface area contributed by atoms with Crippen molar-refractivity contribution in [3.63, 3.8) is 0 Å². The fourth-order valence-corrected chi connectivity index (χ4v) is 3.04. The van der Waals surface area contributed by atoms with Crippen molar-refractivity contribution in [2.45, 2.75) is 26.3 Å². The van der Waals surface area contributed by atoms with Gasteiger partial charge in [-0.25, -0.2) is 0 Å². The number of nitrogens with one attached hydrogen (secondary N) is 3. The zero-order valence-electron chi connectivity index (χ0n) is 17.7. The molecular formula is C24H25N3O4S. The minimum absolute atomic E-state index is 0.147. The lowest BCUT2D eigenvalue weighted by atomic mass is 10.2. The van der Waals surface area contributed by atoms with Crippen LogP contribution in [0.2, 0.25) is 0 Å². The highest BCUT2D eigenvalue weighted by molar-refractivity contribution is 7.80. The first-order chi connectivity index (χ1) is 15.6.